The van der Waals surface area contributed by atoms with Crippen molar-refractivity contribution in [1.82, 2.24) is 4.90 Å². The maximum absolute atomic E-state index is 5.84. The van der Waals surface area contributed by atoms with Crippen LogP contribution in [0.5, 0.6) is 0 Å². The zero-order chi connectivity index (χ0) is 12.7. The Morgan fingerprint density at radius 2 is 2.06 bits per heavy atom. The normalized spacial score (nSPS) is 26.6. The number of nitrogens with zero attached hydrogens (tertiary/aromatic N) is 1. The maximum atomic E-state index is 5.84. The highest BCUT2D eigenvalue weighted by Gasteiger charge is 2.26. The molecule has 0 bridgehead atoms. The van der Waals surface area contributed by atoms with Gasteiger partial charge in [0, 0.05) is 31.8 Å². The molecule has 0 amide bonds. The first-order valence-electron chi connectivity index (χ1n) is 7.18. The second-order valence-corrected chi connectivity index (χ2v) is 5.70. The molecule has 102 valence electrons. The van der Waals surface area contributed by atoms with Crippen molar-refractivity contribution in [3.63, 3.8) is 0 Å². The monoisotopic (exact) mass is 242 g/mol. The van der Waals surface area contributed by atoms with E-state index in [9.17, 15) is 0 Å². The van der Waals surface area contributed by atoms with Gasteiger partial charge < -0.3 is 10.5 Å². The third kappa shape index (κ3) is 5.36. The molecule has 0 saturated carbocycles. The molecule has 1 heterocycles. The zero-order valence-corrected chi connectivity index (χ0v) is 11.8. The van der Waals surface area contributed by atoms with Crippen molar-refractivity contribution in [1.29, 1.82) is 0 Å². The van der Waals surface area contributed by atoms with Gasteiger partial charge in [-0.3, -0.25) is 4.90 Å². The number of piperidine rings is 1. The predicted molar refractivity (Wildman–Crippen MR) is 73.1 cm³/mol. The molecule has 1 aliphatic heterocycles. The molecule has 1 saturated heterocycles. The van der Waals surface area contributed by atoms with Gasteiger partial charge in [-0.1, -0.05) is 20.3 Å². The fraction of sp³-hybridized carbons (Fsp3) is 1.00. The SMILES string of the molecule is CC(C)CCOCCN1C(C)CCCC1CN. The third-order valence-corrected chi connectivity index (χ3v) is 3.80. The molecule has 2 unspecified atom stereocenters. The molecule has 17 heavy (non-hydrogen) atoms. The number of rotatable bonds is 7. The van der Waals surface area contributed by atoms with E-state index in [1.807, 2.05) is 0 Å². The molecule has 0 spiro atoms. The highest BCUT2D eigenvalue weighted by Crippen LogP contribution is 2.21. The van der Waals surface area contributed by atoms with E-state index in [4.69, 9.17) is 10.5 Å². The molecule has 1 fully saturated rings. The maximum Gasteiger partial charge on any atom is 0.0593 e. The Morgan fingerprint density at radius 1 is 1.29 bits per heavy atom. The van der Waals surface area contributed by atoms with Gasteiger partial charge >= 0.3 is 0 Å². The lowest BCUT2D eigenvalue weighted by molar-refractivity contribution is 0.0436. The van der Waals surface area contributed by atoms with E-state index in [0.29, 0.717) is 12.1 Å². The molecule has 0 aromatic rings. The lowest BCUT2D eigenvalue weighted by atomic mass is 9.96. The average molecular weight is 242 g/mol. The fourth-order valence-electron chi connectivity index (χ4n) is 2.59. The minimum atomic E-state index is 0.576. The molecular formula is C14H30N2O. The van der Waals surface area contributed by atoms with Crippen LogP contribution in [-0.2, 0) is 4.74 Å². The summed E-state index contributed by atoms with van der Waals surface area (Å²) in [6.07, 6.45) is 5.05. The standard InChI is InChI=1S/C14H30N2O/c1-12(2)7-9-17-10-8-16-13(3)5-4-6-14(16)11-15/h12-14H,4-11,15H2,1-3H3. The van der Waals surface area contributed by atoms with Crippen LogP contribution in [0.4, 0.5) is 0 Å². The predicted octanol–water partition coefficient (Wildman–Crippen LogP) is 2.25. The van der Waals surface area contributed by atoms with Gasteiger partial charge in [-0.2, -0.15) is 0 Å². The lowest BCUT2D eigenvalue weighted by Crippen LogP contribution is -2.50. The number of ether oxygens (including phenoxy) is 1. The Bertz CT molecular complexity index is 197. The van der Waals surface area contributed by atoms with Crippen LogP contribution in [0.2, 0.25) is 0 Å². The molecule has 0 aromatic heterocycles. The van der Waals surface area contributed by atoms with Gasteiger partial charge in [0.15, 0.2) is 0 Å². The average Bonchev–Trinajstić information content (AvgIpc) is 2.30. The Labute approximate surface area is 107 Å². The van der Waals surface area contributed by atoms with Gasteiger partial charge in [0.2, 0.25) is 0 Å². The quantitative estimate of drug-likeness (QED) is 0.696. The van der Waals surface area contributed by atoms with Crippen molar-refractivity contribution in [2.75, 3.05) is 26.3 Å². The van der Waals surface area contributed by atoms with Gasteiger partial charge in [-0.15, -0.1) is 0 Å². The van der Waals surface area contributed by atoms with Gasteiger partial charge in [-0.25, -0.2) is 0 Å². The summed E-state index contributed by atoms with van der Waals surface area (Å²) in [4.78, 5) is 2.54. The Morgan fingerprint density at radius 3 is 2.71 bits per heavy atom. The van der Waals surface area contributed by atoms with Gasteiger partial charge in [0.25, 0.3) is 0 Å². The summed E-state index contributed by atoms with van der Waals surface area (Å²) in [7, 11) is 0. The van der Waals surface area contributed by atoms with Crippen LogP contribution >= 0.6 is 0 Å². The van der Waals surface area contributed by atoms with Crippen LogP contribution in [0, 0.1) is 5.92 Å². The van der Waals surface area contributed by atoms with Crippen molar-refractivity contribution in [3.05, 3.63) is 0 Å². The van der Waals surface area contributed by atoms with E-state index in [2.05, 4.69) is 25.7 Å². The van der Waals surface area contributed by atoms with Crippen LogP contribution < -0.4 is 5.73 Å². The molecule has 0 aliphatic carbocycles. The number of nitrogens with two attached hydrogens (primary N) is 1. The molecule has 0 radical (unpaired) electrons. The molecule has 2 atom stereocenters. The third-order valence-electron chi connectivity index (χ3n) is 3.80. The molecule has 3 heteroatoms. The van der Waals surface area contributed by atoms with E-state index in [1.165, 1.54) is 19.3 Å². The highest BCUT2D eigenvalue weighted by atomic mass is 16.5. The van der Waals surface area contributed by atoms with E-state index >= 15 is 0 Å². The summed E-state index contributed by atoms with van der Waals surface area (Å²) in [5.74, 6) is 0.737. The second kappa shape index (κ2) is 8.06. The van der Waals surface area contributed by atoms with E-state index in [0.717, 1.165) is 38.6 Å². The van der Waals surface area contributed by atoms with E-state index in [-0.39, 0.29) is 0 Å². The van der Waals surface area contributed by atoms with Gasteiger partial charge in [0.1, 0.15) is 0 Å². The largest absolute Gasteiger partial charge is 0.380 e. The van der Waals surface area contributed by atoms with Crippen LogP contribution in [0.1, 0.15) is 46.5 Å². The van der Waals surface area contributed by atoms with Crippen molar-refractivity contribution in [3.8, 4) is 0 Å². The summed E-state index contributed by atoms with van der Waals surface area (Å²) in [6.45, 7) is 10.4. The second-order valence-electron chi connectivity index (χ2n) is 5.70. The summed E-state index contributed by atoms with van der Waals surface area (Å²) in [6, 6.07) is 1.25. The van der Waals surface area contributed by atoms with Crippen molar-refractivity contribution in [2.24, 2.45) is 11.7 Å². The van der Waals surface area contributed by atoms with Crippen LogP contribution in [-0.4, -0.2) is 43.3 Å². The topological polar surface area (TPSA) is 38.5 Å². The zero-order valence-electron chi connectivity index (χ0n) is 11.8. The summed E-state index contributed by atoms with van der Waals surface area (Å²) in [5, 5.41) is 0. The van der Waals surface area contributed by atoms with Crippen molar-refractivity contribution < 1.29 is 4.74 Å². The Balaban J connectivity index is 2.18. The first-order valence-corrected chi connectivity index (χ1v) is 7.18. The number of likely N-dealkylation sites (tertiary alicyclic amines) is 1. The molecule has 1 rings (SSSR count). The Kier molecular flexibility index (Phi) is 7.09. The van der Waals surface area contributed by atoms with Crippen molar-refractivity contribution >= 4 is 0 Å². The number of hydrogen-bond acceptors (Lipinski definition) is 3. The molecule has 2 N–H and O–H groups in total. The Hall–Kier alpha value is -0.120. The summed E-state index contributed by atoms with van der Waals surface area (Å²) < 4.78 is 5.71. The smallest absolute Gasteiger partial charge is 0.0593 e. The first kappa shape index (κ1) is 14.9. The summed E-state index contributed by atoms with van der Waals surface area (Å²) >= 11 is 0. The fourth-order valence-corrected chi connectivity index (χ4v) is 2.59. The van der Waals surface area contributed by atoms with E-state index < -0.39 is 0 Å². The van der Waals surface area contributed by atoms with Crippen LogP contribution in [0.25, 0.3) is 0 Å². The molecule has 0 aromatic carbocycles. The number of hydrogen-bond donors (Lipinski definition) is 1. The van der Waals surface area contributed by atoms with Crippen molar-refractivity contribution in [2.45, 2.75) is 58.5 Å². The lowest BCUT2D eigenvalue weighted by Gasteiger charge is -2.40. The molecule has 1 aliphatic rings. The van der Waals surface area contributed by atoms with Crippen LogP contribution in [0.3, 0.4) is 0 Å². The van der Waals surface area contributed by atoms with Crippen LogP contribution in [0.15, 0.2) is 0 Å². The minimum Gasteiger partial charge on any atom is -0.380 e. The summed E-state index contributed by atoms with van der Waals surface area (Å²) in [5.41, 5.74) is 5.84. The van der Waals surface area contributed by atoms with Gasteiger partial charge in [-0.05, 0) is 32.1 Å². The highest BCUT2D eigenvalue weighted by molar-refractivity contribution is 4.82. The minimum absolute atomic E-state index is 0.576. The first-order chi connectivity index (χ1) is 8.15. The molecule has 3 nitrogen and oxygen atoms in total. The van der Waals surface area contributed by atoms with E-state index in [1.54, 1.807) is 0 Å². The van der Waals surface area contributed by atoms with Gasteiger partial charge in [0.05, 0.1) is 6.61 Å². The molecular weight excluding hydrogens is 212 g/mol.